The van der Waals surface area contributed by atoms with Gasteiger partial charge in [-0.2, -0.15) is 0 Å². The van der Waals surface area contributed by atoms with Gasteiger partial charge in [-0.3, -0.25) is 0 Å². The van der Waals surface area contributed by atoms with Gasteiger partial charge in [0.15, 0.2) is 5.82 Å². The number of hydrogen-bond acceptors (Lipinski definition) is 6. The number of rotatable bonds is 1. The van der Waals surface area contributed by atoms with Gasteiger partial charge in [-0.15, -0.1) is 0 Å². The van der Waals surface area contributed by atoms with Crippen molar-refractivity contribution in [2.75, 3.05) is 6.61 Å². The first-order valence-corrected chi connectivity index (χ1v) is 4.63. The highest BCUT2D eigenvalue weighted by molar-refractivity contribution is 5.00. The second kappa shape index (κ2) is 4.19. The van der Waals surface area contributed by atoms with Crippen LogP contribution >= 0.6 is 0 Å². The number of nitrogens with zero attached hydrogens (tertiary/aromatic N) is 2. The largest absolute Gasteiger partial charge is 0.388 e. The van der Waals surface area contributed by atoms with Gasteiger partial charge < -0.3 is 20.1 Å². The standard InChI is InChI=1S/C9H12N2O4/c12-5-4-15-8(7(14)6(5)13)9-10-2-1-3-11-9/h1-3,5-8,12-14H,4H2. The molecule has 0 aliphatic carbocycles. The van der Waals surface area contributed by atoms with Crippen molar-refractivity contribution in [2.45, 2.75) is 24.4 Å². The fraction of sp³-hybridized carbons (Fsp3) is 0.556. The molecule has 0 aromatic carbocycles. The Morgan fingerprint density at radius 2 is 1.80 bits per heavy atom. The van der Waals surface area contributed by atoms with Crippen LogP contribution in [0.15, 0.2) is 18.5 Å². The van der Waals surface area contributed by atoms with Gasteiger partial charge in [0.05, 0.1) is 6.61 Å². The molecule has 4 atom stereocenters. The zero-order valence-electron chi connectivity index (χ0n) is 7.89. The molecule has 1 aliphatic rings. The first-order chi connectivity index (χ1) is 7.20. The van der Waals surface area contributed by atoms with Gasteiger partial charge >= 0.3 is 0 Å². The highest BCUT2D eigenvalue weighted by Crippen LogP contribution is 2.26. The lowest BCUT2D eigenvalue weighted by atomic mass is 10.00. The van der Waals surface area contributed by atoms with Crippen LogP contribution in [0.4, 0.5) is 0 Å². The van der Waals surface area contributed by atoms with Crippen molar-refractivity contribution >= 4 is 0 Å². The summed E-state index contributed by atoms with van der Waals surface area (Å²) in [5.74, 6) is 0.302. The summed E-state index contributed by atoms with van der Waals surface area (Å²) in [6, 6.07) is 1.64. The van der Waals surface area contributed by atoms with E-state index in [0.29, 0.717) is 5.82 Å². The minimum atomic E-state index is -1.23. The molecule has 2 rings (SSSR count). The Kier molecular flexibility index (Phi) is 2.92. The summed E-state index contributed by atoms with van der Waals surface area (Å²) in [6.07, 6.45) is -1.25. The van der Waals surface area contributed by atoms with E-state index >= 15 is 0 Å². The molecule has 1 saturated heterocycles. The van der Waals surface area contributed by atoms with Crippen LogP contribution in [0.1, 0.15) is 11.9 Å². The number of ether oxygens (including phenoxy) is 1. The van der Waals surface area contributed by atoms with E-state index in [4.69, 9.17) is 4.74 Å². The second-order valence-electron chi connectivity index (χ2n) is 3.41. The summed E-state index contributed by atoms with van der Waals surface area (Å²) in [7, 11) is 0. The molecular weight excluding hydrogens is 200 g/mol. The van der Waals surface area contributed by atoms with Gasteiger partial charge in [-0.1, -0.05) is 0 Å². The lowest BCUT2D eigenvalue weighted by molar-refractivity contribution is -0.191. The van der Waals surface area contributed by atoms with E-state index in [1.165, 1.54) is 12.4 Å². The van der Waals surface area contributed by atoms with E-state index in [1.807, 2.05) is 0 Å². The molecule has 1 aliphatic heterocycles. The van der Waals surface area contributed by atoms with Crippen molar-refractivity contribution in [1.29, 1.82) is 0 Å². The predicted molar refractivity (Wildman–Crippen MR) is 48.7 cm³/mol. The molecule has 4 unspecified atom stereocenters. The molecule has 0 saturated carbocycles. The molecule has 0 bridgehead atoms. The molecule has 1 aromatic heterocycles. The van der Waals surface area contributed by atoms with Gasteiger partial charge in [-0.25, -0.2) is 9.97 Å². The third-order valence-corrected chi connectivity index (χ3v) is 2.34. The molecule has 1 fully saturated rings. The fourth-order valence-corrected chi connectivity index (χ4v) is 1.49. The Morgan fingerprint density at radius 1 is 1.13 bits per heavy atom. The van der Waals surface area contributed by atoms with Crippen LogP contribution in [0.2, 0.25) is 0 Å². The maximum atomic E-state index is 9.65. The van der Waals surface area contributed by atoms with Crippen molar-refractivity contribution in [3.05, 3.63) is 24.3 Å². The Labute approximate surface area is 86.2 Å². The Morgan fingerprint density at radius 3 is 2.47 bits per heavy atom. The third kappa shape index (κ3) is 1.98. The Bertz CT molecular complexity index is 321. The van der Waals surface area contributed by atoms with E-state index in [2.05, 4.69) is 9.97 Å². The molecule has 0 radical (unpaired) electrons. The number of aliphatic hydroxyl groups is 3. The minimum absolute atomic E-state index is 0.0405. The molecule has 0 amide bonds. The molecule has 2 heterocycles. The lowest BCUT2D eigenvalue weighted by Gasteiger charge is -2.34. The van der Waals surface area contributed by atoms with Crippen LogP contribution < -0.4 is 0 Å². The molecule has 6 nitrogen and oxygen atoms in total. The van der Waals surface area contributed by atoms with E-state index < -0.39 is 24.4 Å². The number of hydrogen-bond donors (Lipinski definition) is 3. The maximum Gasteiger partial charge on any atom is 0.159 e. The van der Waals surface area contributed by atoms with Crippen LogP contribution in [-0.4, -0.2) is 50.2 Å². The van der Waals surface area contributed by atoms with Crippen molar-refractivity contribution in [3.63, 3.8) is 0 Å². The summed E-state index contributed by atoms with van der Waals surface area (Å²) >= 11 is 0. The Balaban J connectivity index is 2.17. The van der Waals surface area contributed by atoms with Crippen LogP contribution in [0.5, 0.6) is 0 Å². The normalized spacial score (nSPS) is 36.5. The maximum absolute atomic E-state index is 9.65. The van der Waals surface area contributed by atoms with Gasteiger partial charge in [0.2, 0.25) is 0 Å². The monoisotopic (exact) mass is 212 g/mol. The molecule has 15 heavy (non-hydrogen) atoms. The molecule has 0 spiro atoms. The first kappa shape index (κ1) is 10.4. The zero-order valence-corrected chi connectivity index (χ0v) is 7.89. The van der Waals surface area contributed by atoms with Gasteiger partial charge in [0, 0.05) is 12.4 Å². The van der Waals surface area contributed by atoms with Crippen molar-refractivity contribution in [3.8, 4) is 0 Å². The summed E-state index contributed by atoms with van der Waals surface area (Å²) in [4.78, 5) is 7.85. The van der Waals surface area contributed by atoms with E-state index in [0.717, 1.165) is 0 Å². The molecule has 3 N–H and O–H groups in total. The first-order valence-electron chi connectivity index (χ1n) is 4.63. The second-order valence-corrected chi connectivity index (χ2v) is 3.41. The predicted octanol–water partition coefficient (Wildman–Crippen LogP) is -1.37. The average Bonchev–Trinajstić information content (AvgIpc) is 2.27. The SMILES string of the molecule is OC1COC(c2ncccn2)C(O)C1O. The smallest absolute Gasteiger partial charge is 0.159 e. The third-order valence-electron chi connectivity index (χ3n) is 2.34. The van der Waals surface area contributed by atoms with Crippen molar-refractivity contribution < 1.29 is 20.1 Å². The highest BCUT2D eigenvalue weighted by Gasteiger charge is 2.39. The summed E-state index contributed by atoms with van der Waals surface area (Å²) in [6.45, 7) is -0.0405. The van der Waals surface area contributed by atoms with Crippen LogP contribution in [-0.2, 0) is 4.74 Å². The topological polar surface area (TPSA) is 95.7 Å². The highest BCUT2D eigenvalue weighted by atomic mass is 16.5. The van der Waals surface area contributed by atoms with E-state index in [-0.39, 0.29) is 6.61 Å². The zero-order chi connectivity index (χ0) is 10.8. The molecular formula is C9H12N2O4. The number of aliphatic hydroxyl groups excluding tert-OH is 3. The van der Waals surface area contributed by atoms with E-state index in [9.17, 15) is 15.3 Å². The molecule has 1 aromatic rings. The Hall–Kier alpha value is -1.08. The van der Waals surface area contributed by atoms with Gasteiger partial charge in [0.1, 0.15) is 24.4 Å². The molecule has 6 heteroatoms. The van der Waals surface area contributed by atoms with Crippen molar-refractivity contribution in [1.82, 2.24) is 9.97 Å². The summed E-state index contributed by atoms with van der Waals surface area (Å²) in [5, 5.41) is 28.3. The minimum Gasteiger partial charge on any atom is -0.388 e. The van der Waals surface area contributed by atoms with Crippen LogP contribution in [0.25, 0.3) is 0 Å². The van der Waals surface area contributed by atoms with Crippen molar-refractivity contribution in [2.24, 2.45) is 0 Å². The fourth-order valence-electron chi connectivity index (χ4n) is 1.49. The van der Waals surface area contributed by atoms with E-state index in [1.54, 1.807) is 6.07 Å². The van der Waals surface area contributed by atoms with Gasteiger partial charge in [0.25, 0.3) is 0 Å². The quantitative estimate of drug-likeness (QED) is 0.531. The summed E-state index contributed by atoms with van der Waals surface area (Å²) in [5.41, 5.74) is 0. The summed E-state index contributed by atoms with van der Waals surface area (Å²) < 4.78 is 5.17. The number of aromatic nitrogens is 2. The lowest BCUT2D eigenvalue weighted by Crippen LogP contribution is -2.49. The van der Waals surface area contributed by atoms with Crippen LogP contribution in [0, 0.1) is 0 Å². The van der Waals surface area contributed by atoms with Gasteiger partial charge in [-0.05, 0) is 6.07 Å². The average molecular weight is 212 g/mol. The molecule has 82 valence electrons. The van der Waals surface area contributed by atoms with Crippen LogP contribution in [0.3, 0.4) is 0 Å².